The number of halogens is 1. The Hall–Kier alpha value is -3.23. The first-order chi connectivity index (χ1) is 13.4. The van der Waals surface area contributed by atoms with Gasteiger partial charge >= 0.3 is 5.97 Å². The van der Waals surface area contributed by atoms with E-state index in [-0.39, 0.29) is 23.9 Å². The Morgan fingerprint density at radius 1 is 1.36 bits per heavy atom. The van der Waals surface area contributed by atoms with E-state index >= 15 is 0 Å². The second kappa shape index (κ2) is 9.63. The van der Waals surface area contributed by atoms with Crippen LogP contribution in [0, 0.1) is 11.7 Å². The third kappa shape index (κ3) is 5.15. The Kier molecular flexibility index (Phi) is 7.25. The summed E-state index contributed by atoms with van der Waals surface area (Å²) in [6.45, 7) is 3.67. The zero-order valence-electron chi connectivity index (χ0n) is 15.4. The Morgan fingerprint density at radius 3 is 2.68 bits per heavy atom. The second-order valence-corrected chi connectivity index (χ2v) is 6.39. The van der Waals surface area contributed by atoms with E-state index in [9.17, 15) is 14.0 Å². The van der Waals surface area contributed by atoms with Crippen LogP contribution in [0.1, 0.15) is 39.8 Å². The number of aromatic nitrogens is 2. The van der Waals surface area contributed by atoms with Crippen LogP contribution in [0.2, 0.25) is 0 Å². The number of carbonyl (C=O) groups is 3. The van der Waals surface area contributed by atoms with Crippen molar-refractivity contribution in [1.29, 1.82) is 0 Å². The molecule has 1 unspecified atom stereocenters. The van der Waals surface area contributed by atoms with Crippen LogP contribution < -0.4 is 0 Å². The minimum absolute atomic E-state index is 0.0833. The largest absolute Gasteiger partial charge is 0.483 e. The highest BCUT2D eigenvalue weighted by atomic mass is 19.1. The van der Waals surface area contributed by atoms with Gasteiger partial charge in [-0.25, -0.2) is 9.18 Å². The van der Waals surface area contributed by atoms with Crippen molar-refractivity contribution in [3.63, 3.8) is 0 Å². The minimum atomic E-state index is -1.27. The van der Waals surface area contributed by atoms with Crippen LogP contribution >= 0.6 is 0 Å². The molecule has 1 fully saturated rings. The highest BCUT2D eigenvalue weighted by molar-refractivity contribution is 5.92. The van der Waals surface area contributed by atoms with Crippen molar-refractivity contribution < 1.29 is 29.0 Å². The molecule has 0 aliphatic carbocycles. The van der Waals surface area contributed by atoms with Gasteiger partial charge in [0, 0.05) is 25.8 Å². The minimum Gasteiger partial charge on any atom is -0.483 e. The topological polar surface area (TPSA) is 113 Å². The van der Waals surface area contributed by atoms with E-state index in [0.717, 1.165) is 12.0 Å². The van der Waals surface area contributed by atoms with Crippen molar-refractivity contribution >= 4 is 18.3 Å². The third-order valence-electron chi connectivity index (χ3n) is 4.54. The van der Waals surface area contributed by atoms with Gasteiger partial charge in [0.05, 0.1) is 5.56 Å². The van der Waals surface area contributed by atoms with Crippen LogP contribution in [0.3, 0.4) is 0 Å². The van der Waals surface area contributed by atoms with Crippen molar-refractivity contribution in [3.8, 4) is 0 Å². The SMILES string of the molecule is CCn1ccc(C(=O)N2CCC(Cc3ccc(F)c(C(=O)O)c3)C2)n1.O=CO. The molecule has 1 aliphatic heterocycles. The van der Waals surface area contributed by atoms with Gasteiger partial charge in [-0.2, -0.15) is 5.10 Å². The number of carboxylic acid groups (broad SMARTS) is 2. The fourth-order valence-corrected chi connectivity index (χ4v) is 3.19. The summed E-state index contributed by atoms with van der Waals surface area (Å²) in [6, 6.07) is 5.90. The zero-order chi connectivity index (χ0) is 20.7. The fraction of sp³-hybridized carbons (Fsp3) is 0.368. The Bertz CT molecular complexity index is 852. The monoisotopic (exact) mass is 391 g/mol. The van der Waals surface area contributed by atoms with Gasteiger partial charge in [-0.05, 0) is 49.4 Å². The van der Waals surface area contributed by atoms with E-state index < -0.39 is 11.8 Å². The van der Waals surface area contributed by atoms with E-state index in [4.69, 9.17) is 15.0 Å². The van der Waals surface area contributed by atoms with Gasteiger partial charge in [-0.3, -0.25) is 14.3 Å². The lowest BCUT2D eigenvalue weighted by Gasteiger charge is -2.15. The molecule has 3 rings (SSSR count). The number of carboxylic acids is 1. The normalized spacial score (nSPS) is 15.6. The predicted octanol–water partition coefficient (Wildman–Crippen LogP) is 2.15. The number of hydrogen-bond donors (Lipinski definition) is 2. The molecule has 1 saturated heterocycles. The van der Waals surface area contributed by atoms with E-state index in [1.54, 1.807) is 27.9 Å². The molecule has 0 saturated carbocycles. The van der Waals surface area contributed by atoms with Gasteiger partial charge in [0.25, 0.3) is 12.4 Å². The van der Waals surface area contributed by atoms with Gasteiger partial charge in [0.15, 0.2) is 0 Å². The summed E-state index contributed by atoms with van der Waals surface area (Å²) < 4.78 is 15.2. The molecule has 1 aromatic heterocycles. The molecule has 28 heavy (non-hydrogen) atoms. The third-order valence-corrected chi connectivity index (χ3v) is 4.54. The lowest BCUT2D eigenvalue weighted by Crippen LogP contribution is -2.29. The predicted molar refractivity (Wildman–Crippen MR) is 97.7 cm³/mol. The van der Waals surface area contributed by atoms with Gasteiger partial charge in [-0.1, -0.05) is 6.07 Å². The fourth-order valence-electron chi connectivity index (χ4n) is 3.19. The van der Waals surface area contributed by atoms with Gasteiger partial charge in [-0.15, -0.1) is 0 Å². The molecule has 1 aliphatic rings. The number of aromatic carboxylic acids is 1. The Morgan fingerprint density at radius 2 is 2.07 bits per heavy atom. The number of rotatable bonds is 5. The van der Waals surface area contributed by atoms with Crippen molar-refractivity contribution in [2.45, 2.75) is 26.3 Å². The number of likely N-dealkylation sites (tertiary alicyclic amines) is 1. The molecule has 150 valence electrons. The lowest BCUT2D eigenvalue weighted by atomic mass is 9.97. The smallest absolute Gasteiger partial charge is 0.338 e. The number of aryl methyl sites for hydroxylation is 1. The van der Waals surface area contributed by atoms with Crippen molar-refractivity contribution in [1.82, 2.24) is 14.7 Å². The van der Waals surface area contributed by atoms with Crippen LogP contribution in [-0.4, -0.2) is 56.3 Å². The van der Waals surface area contributed by atoms with Crippen LogP contribution in [0.25, 0.3) is 0 Å². The summed E-state index contributed by atoms with van der Waals surface area (Å²) in [5.41, 5.74) is 0.902. The van der Waals surface area contributed by atoms with E-state index in [2.05, 4.69) is 5.10 Å². The summed E-state index contributed by atoms with van der Waals surface area (Å²) in [7, 11) is 0. The summed E-state index contributed by atoms with van der Waals surface area (Å²) in [4.78, 5) is 33.7. The first kappa shape index (κ1) is 21.1. The summed E-state index contributed by atoms with van der Waals surface area (Å²) in [5.74, 6) is -1.86. The van der Waals surface area contributed by atoms with E-state index in [0.29, 0.717) is 31.7 Å². The average Bonchev–Trinajstić information content (AvgIpc) is 3.32. The molecule has 8 nitrogen and oxygen atoms in total. The second-order valence-electron chi connectivity index (χ2n) is 6.39. The number of nitrogens with zero attached hydrogens (tertiary/aromatic N) is 3. The first-order valence-corrected chi connectivity index (χ1v) is 8.81. The molecule has 2 aromatic rings. The zero-order valence-corrected chi connectivity index (χ0v) is 15.4. The molecule has 1 atom stereocenters. The number of amides is 1. The first-order valence-electron chi connectivity index (χ1n) is 8.81. The molecule has 1 amide bonds. The molecule has 0 radical (unpaired) electrons. The number of carbonyl (C=O) groups excluding carboxylic acids is 1. The van der Waals surface area contributed by atoms with Gasteiger partial charge in [0.2, 0.25) is 0 Å². The Labute approximate surface area is 161 Å². The molecular formula is C19H22FN3O5. The van der Waals surface area contributed by atoms with E-state index in [1.807, 2.05) is 6.92 Å². The maximum Gasteiger partial charge on any atom is 0.338 e. The summed E-state index contributed by atoms with van der Waals surface area (Å²) >= 11 is 0. The van der Waals surface area contributed by atoms with Crippen molar-refractivity contribution in [2.75, 3.05) is 13.1 Å². The van der Waals surface area contributed by atoms with E-state index in [1.165, 1.54) is 12.1 Å². The van der Waals surface area contributed by atoms with Crippen molar-refractivity contribution in [2.24, 2.45) is 5.92 Å². The molecule has 9 heteroatoms. The summed E-state index contributed by atoms with van der Waals surface area (Å²) in [6.07, 6.45) is 3.24. The molecule has 2 heterocycles. The molecule has 1 aromatic carbocycles. The van der Waals surface area contributed by atoms with Crippen LogP contribution in [0.5, 0.6) is 0 Å². The van der Waals surface area contributed by atoms with Crippen LogP contribution in [0.15, 0.2) is 30.5 Å². The standard InChI is InChI=1S/C18H20FN3O3.CH2O2/c1-2-22-8-6-16(20-22)17(23)21-7-5-13(11-21)9-12-3-4-15(19)14(10-12)18(24)25;2-1-3/h3-4,6,8,10,13H,2,5,7,9,11H2,1H3,(H,24,25);1H,(H,2,3). The molecule has 2 N–H and O–H groups in total. The van der Waals surface area contributed by atoms with Gasteiger partial charge < -0.3 is 15.1 Å². The lowest BCUT2D eigenvalue weighted by molar-refractivity contribution is -0.122. The van der Waals surface area contributed by atoms with Crippen molar-refractivity contribution in [3.05, 3.63) is 53.1 Å². The highest BCUT2D eigenvalue weighted by Crippen LogP contribution is 2.23. The highest BCUT2D eigenvalue weighted by Gasteiger charge is 2.28. The number of hydrogen-bond acceptors (Lipinski definition) is 4. The molecular weight excluding hydrogens is 369 g/mol. The molecule has 0 bridgehead atoms. The Balaban J connectivity index is 0.000000878. The quantitative estimate of drug-likeness (QED) is 0.755. The number of benzene rings is 1. The average molecular weight is 391 g/mol. The van der Waals surface area contributed by atoms with Gasteiger partial charge in [0.1, 0.15) is 11.5 Å². The van der Waals surface area contributed by atoms with Crippen LogP contribution in [-0.2, 0) is 17.8 Å². The molecule has 0 spiro atoms. The van der Waals surface area contributed by atoms with Crippen LogP contribution in [0.4, 0.5) is 4.39 Å². The maximum atomic E-state index is 13.5. The summed E-state index contributed by atoms with van der Waals surface area (Å²) in [5, 5.41) is 20.1. The maximum absolute atomic E-state index is 13.5.